The molecule has 5 heteroatoms. The maximum Gasteiger partial charge on any atom is 0.201 e. The lowest BCUT2D eigenvalue weighted by Gasteiger charge is -2.15. The van der Waals surface area contributed by atoms with E-state index < -0.39 is 0 Å². The number of nitrogen functional groups attached to an aromatic ring is 1. The molecule has 0 saturated carbocycles. The van der Waals surface area contributed by atoms with Crippen molar-refractivity contribution in [2.75, 3.05) is 12.8 Å². The molecule has 21 heavy (non-hydrogen) atoms. The first-order valence-electron chi connectivity index (χ1n) is 7.03. The molecular formula is C16H19N3O2. The summed E-state index contributed by atoms with van der Waals surface area (Å²) < 4.78 is 12.7. The van der Waals surface area contributed by atoms with Gasteiger partial charge < -0.3 is 19.5 Å². The minimum absolute atomic E-state index is 0.244. The van der Waals surface area contributed by atoms with E-state index >= 15 is 0 Å². The van der Waals surface area contributed by atoms with Crippen LogP contribution in [0.25, 0.3) is 11.0 Å². The Morgan fingerprint density at radius 3 is 2.95 bits per heavy atom. The van der Waals surface area contributed by atoms with Crippen molar-refractivity contribution < 1.29 is 9.15 Å². The highest BCUT2D eigenvalue weighted by molar-refractivity contribution is 5.80. The van der Waals surface area contributed by atoms with Gasteiger partial charge in [-0.1, -0.05) is 0 Å². The second-order valence-corrected chi connectivity index (χ2v) is 5.16. The predicted molar refractivity (Wildman–Crippen MR) is 82.4 cm³/mol. The van der Waals surface area contributed by atoms with Crippen LogP contribution >= 0.6 is 0 Å². The molecule has 0 radical (unpaired) electrons. The molecule has 2 N–H and O–H groups in total. The number of ether oxygens (including phenoxy) is 1. The number of benzene rings is 1. The quantitative estimate of drug-likeness (QED) is 0.780. The topological polar surface area (TPSA) is 66.2 Å². The van der Waals surface area contributed by atoms with E-state index in [9.17, 15) is 0 Å². The summed E-state index contributed by atoms with van der Waals surface area (Å²) in [4.78, 5) is 4.43. The number of hydrogen-bond donors (Lipinski definition) is 1. The fraction of sp³-hybridized carbons (Fsp3) is 0.312. The third-order valence-corrected chi connectivity index (χ3v) is 3.75. The summed E-state index contributed by atoms with van der Waals surface area (Å²) in [5.74, 6) is 2.31. The molecule has 2 heterocycles. The monoisotopic (exact) mass is 285 g/mol. The Morgan fingerprint density at radius 2 is 2.24 bits per heavy atom. The number of furan rings is 1. The van der Waals surface area contributed by atoms with Crippen LogP contribution in [-0.2, 0) is 6.42 Å². The van der Waals surface area contributed by atoms with Crippen molar-refractivity contribution in [1.82, 2.24) is 9.55 Å². The molecule has 0 amide bonds. The van der Waals surface area contributed by atoms with Crippen LogP contribution in [0.15, 0.2) is 41.0 Å². The molecule has 2 aromatic heterocycles. The Balaban J connectivity index is 1.86. The average molecular weight is 285 g/mol. The van der Waals surface area contributed by atoms with Gasteiger partial charge in [0.2, 0.25) is 5.95 Å². The number of hydrogen-bond acceptors (Lipinski definition) is 4. The second kappa shape index (κ2) is 5.52. The van der Waals surface area contributed by atoms with Crippen LogP contribution in [0.3, 0.4) is 0 Å². The van der Waals surface area contributed by atoms with Crippen LogP contribution in [0, 0.1) is 0 Å². The van der Waals surface area contributed by atoms with Crippen molar-refractivity contribution in [1.29, 1.82) is 0 Å². The van der Waals surface area contributed by atoms with Crippen molar-refractivity contribution in [3.8, 4) is 5.75 Å². The van der Waals surface area contributed by atoms with Gasteiger partial charge in [0.1, 0.15) is 11.5 Å². The van der Waals surface area contributed by atoms with E-state index in [-0.39, 0.29) is 6.04 Å². The Kier molecular flexibility index (Phi) is 3.56. The molecule has 0 fully saturated rings. The number of aromatic nitrogens is 2. The molecule has 1 atom stereocenters. The van der Waals surface area contributed by atoms with Gasteiger partial charge in [-0.2, -0.15) is 0 Å². The molecule has 0 bridgehead atoms. The number of nitrogens with zero attached hydrogens (tertiary/aromatic N) is 2. The smallest absolute Gasteiger partial charge is 0.201 e. The Bertz CT molecular complexity index is 731. The van der Waals surface area contributed by atoms with Gasteiger partial charge in [0, 0.05) is 18.5 Å². The zero-order chi connectivity index (χ0) is 14.8. The van der Waals surface area contributed by atoms with Gasteiger partial charge in [0.25, 0.3) is 0 Å². The largest absolute Gasteiger partial charge is 0.497 e. The first kappa shape index (κ1) is 13.5. The van der Waals surface area contributed by atoms with E-state index in [2.05, 4.69) is 16.5 Å². The zero-order valence-electron chi connectivity index (χ0n) is 12.2. The predicted octanol–water partition coefficient (Wildman–Crippen LogP) is 3.41. The SMILES string of the molecule is COc1ccc2c(c1)nc(N)n2C(C)CCc1ccco1. The lowest BCUT2D eigenvalue weighted by molar-refractivity contribution is 0.415. The fourth-order valence-corrected chi connectivity index (χ4v) is 2.62. The summed E-state index contributed by atoms with van der Waals surface area (Å²) in [7, 11) is 1.65. The van der Waals surface area contributed by atoms with E-state index in [4.69, 9.17) is 14.9 Å². The third kappa shape index (κ3) is 2.59. The van der Waals surface area contributed by atoms with Crippen LogP contribution in [0.1, 0.15) is 25.1 Å². The number of anilines is 1. The lowest BCUT2D eigenvalue weighted by Crippen LogP contribution is -2.09. The van der Waals surface area contributed by atoms with Crippen LogP contribution in [-0.4, -0.2) is 16.7 Å². The molecule has 1 aromatic carbocycles. The summed E-state index contributed by atoms with van der Waals surface area (Å²) in [5.41, 5.74) is 7.97. The highest BCUT2D eigenvalue weighted by Crippen LogP contribution is 2.28. The highest BCUT2D eigenvalue weighted by Gasteiger charge is 2.15. The standard InChI is InChI=1S/C16H19N3O2/c1-11(5-6-12-4-3-9-21-12)19-15-8-7-13(20-2)10-14(15)18-16(19)17/h3-4,7-11H,5-6H2,1-2H3,(H2,17,18). The zero-order valence-corrected chi connectivity index (χ0v) is 12.2. The maximum absolute atomic E-state index is 6.08. The fourth-order valence-electron chi connectivity index (χ4n) is 2.62. The normalized spacial score (nSPS) is 12.7. The third-order valence-electron chi connectivity index (χ3n) is 3.75. The van der Waals surface area contributed by atoms with Gasteiger partial charge in [-0.3, -0.25) is 0 Å². The maximum atomic E-state index is 6.08. The first-order chi connectivity index (χ1) is 10.2. The van der Waals surface area contributed by atoms with Gasteiger partial charge in [0.15, 0.2) is 0 Å². The number of fused-ring (bicyclic) bond motifs is 1. The molecular weight excluding hydrogens is 266 g/mol. The average Bonchev–Trinajstić information content (AvgIpc) is 3.10. The molecule has 3 aromatic rings. The molecule has 0 saturated heterocycles. The summed E-state index contributed by atoms with van der Waals surface area (Å²) in [5, 5.41) is 0. The van der Waals surface area contributed by atoms with Crippen molar-refractivity contribution in [3.05, 3.63) is 42.4 Å². The van der Waals surface area contributed by atoms with Crippen LogP contribution in [0.4, 0.5) is 5.95 Å². The van der Waals surface area contributed by atoms with Crippen LogP contribution in [0.2, 0.25) is 0 Å². The number of rotatable bonds is 5. The number of methoxy groups -OCH3 is 1. The first-order valence-corrected chi connectivity index (χ1v) is 7.03. The Morgan fingerprint density at radius 1 is 1.38 bits per heavy atom. The van der Waals surface area contributed by atoms with E-state index in [0.717, 1.165) is 35.4 Å². The number of aryl methyl sites for hydroxylation is 1. The summed E-state index contributed by atoms with van der Waals surface area (Å²) in [6.07, 6.45) is 3.52. The van der Waals surface area contributed by atoms with E-state index in [0.29, 0.717) is 5.95 Å². The number of nitrogens with two attached hydrogens (primary N) is 1. The second-order valence-electron chi connectivity index (χ2n) is 5.16. The molecule has 0 aliphatic rings. The molecule has 110 valence electrons. The van der Waals surface area contributed by atoms with Crippen molar-refractivity contribution in [2.45, 2.75) is 25.8 Å². The molecule has 1 unspecified atom stereocenters. The Hall–Kier alpha value is -2.43. The van der Waals surface area contributed by atoms with E-state index in [1.165, 1.54) is 0 Å². The molecule has 0 aliphatic heterocycles. The van der Waals surface area contributed by atoms with Crippen molar-refractivity contribution in [3.63, 3.8) is 0 Å². The molecule has 5 nitrogen and oxygen atoms in total. The molecule has 3 rings (SSSR count). The van der Waals surface area contributed by atoms with Crippen molar-refractivity contribution in [2.24, 2.45) is 0 Å². The number of imidazole rings is 1. The highest BCUT2D eigenvalue weighted by atomic mass is 16.5. The van der Waals surface area contributed by atoms with Gasteiger partial charge in [-0.05, 0) is 37.6 Å². The summed E-state index contributed by atoms with van der Waals surface area (Å²) in [6.45, 7) is 2.14. The minimum atomic E-state index is 0.244. The molecule has 0 aliphatic carbocycles. The molecule has 0 spiro atoms. The Labute approximate surface area is 123 Å². The van der Waals surface area contributed by atoms with E-state index in [1.54, 1.807) is 13.4 Å². The lowest BCUT2D eigenvalue weighted by atomic mass is 10.1. The minimum Gasteiger partial charge on any atom is -0.497 e. The van der Waals surface area contributed by atoms with Gasteiger partial charge in [0.05, 0.1) is 24.4 Å². The van der Waals surface area contributed by atoms with Crippen LogP contribution < -0.4 is 10.5 Å². The van der Waals surface area contributed by atoms with E-state index in [1.807, 2.05) is 30.3 Å². The van der Waals surface area contributed by atoms with Gasteiger partial charge in [-0.15, -0.1) is 0 Å². The van der Waals surface area contributed by atoms with Crippen molar-refractivity contribution >= 4 is 17.0 Å². The summed E-state index contributed by atoms with van der Waals surface area (Å²) >= 11 is 0. The summed E-state index contributed by atoms with van der Waals surface area (Å²) in [6, 6.07) is 9.98. The van der Waals surface area contributed by atoms with Gasteiger partial charge in [-0.25, -0.2) is 4.98 Å². The van der Waals surface area contributed by atoms with Crippen LogP contribution in [0.5, 0.6) is 5.75 Å². The van der Waals surface area contributed by atoms with Gasteiger partial charge >= 0.3 is 0 Å².